The Balaban J connectivity index is 2.23. The third-order valence-corrected chi connectivity index (χ3v) is 3.98. The lowest BCUT2D eigenvalue weighted by molar-refractivity contribution is -0.126. The van der Waals surface area contributed by atoms with E-state index in [2.05, 4.69) is 10.6 Å². The number of amides is 3. The quantitative estimate of drug-likeness (QED) is 0.643. The van der Waals surface area contributed by atoms with Gasteiger partial charge in [0.05, 0.1) is 0 Å². The number of hydrogen-bond acceptors (Lipinski definition) is 3. The number of urea groups is 1. The van der Waals surface area contributed by atoms with Gasteiger partial charge >= 0.3 is 6.03 Å². The van der Waals surface area contributed by atoms with Crippen LogP contribution in [-0.2, 0) is 4.79 Å². The van der Waals surface area contributed by atoms with Gasteiger partial charge in [0.25, 0.3) is 0 Å². The van der Waals surface area contributed by atoms with E-state index in [1.807, 2.05) is 6.92 Å². The second-order valence-electron chi connectivity index (χ2n) is 5.89. The summed E-state index contributed by atoms with van der Waals surface area (Å²) in [6, 6.07) is 0.0916. The molecule has 1 aliphatic carbocycles. The van der Waals surface area contributed by atoms with Crippen LogP contribution in [-0.4, -0.2) is 50.1 Å². The molecule has 0 saturated heterocycles. The summed E-state index contributed by atoms with van der Waals surface area (Å²) in [7, 11) is 3.37. The van der Waals surface area contributed by atoms with E-state index in [1.165, 1.54) is 4.90 Å². The normalized spacial score (nSPS) is 23.8. The van der Waals surface area contributed by atoms with Crippen molar-refractivity contribution in [2.24, 2.45) is 17.6 Å². The van der Waals surface area contributed by atoms with E-state index >= 15 is 0 Å². The zero-order valence-corrected chi connectivity index (χ0v) is 12.8. The molecule has 3 unspecified atom stereocenters. The molecule has 3 amide bonds. The van der Waals surface area contributed by atoms with E-state index in [0.717, 1.165) is 25.7 Å². The van der Waals surface area contributed by atoms with Gasteiger partial charge in [0.1, 0.15) is 0 Å². The maximum absolute atomic E-state index is 12.1. The molecule has 1 fully saturated rings. The van der Waals surface area contributed by atoms with Crippen molar-refractivity contribution in [3.05, 3.63) is 0 Å². The molecule has 0 aromatic rings. The van der Waals surface area contributed by atoms with Gasteiger partial charge in [-0.05, 0) is 25.2 Å². The van der Waals surface area contributed by atoms with Crippen LogP contribution >= 0.6 is 0 Å². The molecule has 1 aliphatic rings. The molecule has 0 aromatic heterocycles. The predicted molar refractivity (Wildman–Crippen MR) is 79.2 cm³/mol. The molecule has 1 saturated carbocycles. The van der Waals surface area contributed by atoms with Gasteiger partial charge in [-0.2, -0.15) is 0 Å². The Morgan fingerprint density at radius 3 is 2.50 bits per heavy atom. The Kier molecular flexibility index (Phi) is 6.78. The van der Waals surface area contributed by atoms with Crippen molar-refractivity contribution in [1.82, 2.24) is 15.5 Å². The van der Waals surface area contributed by atoms with Gasteiger partial charge in [-0.3, -0.25) is 4.79 Å². The van der Waals surface area contributed by atoms with Crippen LogP contribution in [0.5, 0.6) is 0 Å². The summed E-state index contributed by atoms with van der Waals surface area (Å²) in [6.45, 7) is 2.87. The predicted octanol–water partition coefficient (Wildman–Crippen LogP) is 0.527. The van der Waals surface area contributed by atoms with Gasteiger partial charge in [0.15, 0.2) is 0 Å². The number of hydrogen-bond donors (Lipinski definition) is 3. The number of carbonyl (C=O) groups excluding carboxylic acids is 2. The zero-order valence-electron chi connectivity index (χ0n) is 12.8. The second-order valence-corrected chi connectivity index (χ2v) is 5.89. The highest BCUT2D eigenvalue weighted by Gasteiger charge is 2.28. The van der Waals surface area contributed by atoms with Crippen LogP contribution in [0.3, 0.4) is 0 Å². The Morgan fingerprint density at radius 2 is 1.90 bits per heavy atom. The van der Waals surface area contributed by atoms with Crippen LogP contribution in [0.4, 0.5) is 4.79 Å². The molecule has 0 spiro atoms. The summed E-state index contributed by atoms with van der Waals surface area (Å²) >= 11 is 0. The third kappa shape index (κ3) is 5.36. The molecule has 3 atom stereocenters. The Hall–Kier alpha value is -1.30. The van der Waals surface area contributed by atoms with Crippen LogP contribution in [0, 0.1) is 11.8 Å². The molecule has 0 aromatic carbocycles. The van der Waals surface area contributed by atoms with Crippen molar-refractivity contribution < 1.29 is 9.59 Å². The first-order chi connectivity index (χ1) is 9.41. The number of nitrogens with two attached hydrogens (primary N) is 1. The molecule has 0 radical (unpaired) electrons. The van der Waals surface area contributed by atoms with Crippen molar-refractivity contribution >= 4 is 11.9 Å². The van der Waals surface area contributed by atoms with Crippen molar-refractivity contribution in [2.45, 2.75) is 38.6 Å². The van der Waals surface area contributed by atoms with Crippen molar-refractivity contribution in [3.63, 3.8) is 0 Å². The fourth-order valence-corrected chi connectivity index (χ4v) is 2.61. The summed E-state index contributed by atoms with van der Waals surface area (Å²) in [6.07, 6.45) is 4.20. The van der Waals surface area contributed by atoms with E-state index in [-0.39, 0.29) is 23.9 Å². The summed E-state index contributed by atoms with van der Waals surface area (Å²) in [4.78, 5) is 24.8. The Bertz CT molecular complexity index is 333. The average molecular weight is 284 g/mol. The van der Waals surface area contributed by atoms with Crippen LogP contribution in [0.15, 0.2) is 0 Å². The minimum Gasteiger partial charge on any atom is -0.354 e. The molecule has 1 rings (SSSR count). The van der Waals surface area contributed by atoms with E-state index in [9.17, 15) is 9.59 Å². The first kappa shape index (κ1) is 16.8. The molecule has 6 heteroatoms. The Morgan fingerprint density at radius 1 is 1.25 bits per heavy atom. The van der Waals surface area contributed by atoms with E-state index in [4.69, 9.17) is 5.73 Å². The lowest BCUT2D eigenvalue weighted by Gasteiger charge is -2.30. The van der Waals surface area contributed by atoms with Crippen LogP contribution in [0.25, 0.3) is 0 Å². The standard InChI is InChI=1S/C14H28N4O2/c1-10(11-5-4-6-12(15)9-11)13(19)16-7-8-17-14(20)18(2)3/h10-12H,4-9,15H2,1-3H3,(H,16,19)(H,17,20). The van der Waals surface area contributed by atoms with Crippen molar-refractivity contribution in [1.29, 1.82) is 0 Å². The van der Waals surface area contributed by atoms with Crippen LogP contribution < -0.4 is 16.4 Å². The van der Waals surface area contributed by atoms with Gasteiger partial charge in [-0.1, -0.05) is 13.3 Å². The highest BCUT2D eigenvalue weighted by Crippen LogP contribution is 2.29. The van der Waals surface area contributed by atoms with Gasteiger partial charge in [-0.15, -0.1) is 0 Å². The number of rotatable bonds is 5. The zero-order chi connectivity index (χ0) is 15.1. The molecular formula is C14H28N4O2. The maximum Gasteiger partial charge on any atom is 0.316 e. The summed E-state index contributed by atoms with van der Waals surface area (Å²) in [5.74, 6) is 0.434. The monoisotopic (exact) mass is 284 g/mol. The molecule has 4 N–H and O–H groups in total. The van der Waals surface area contributed by atoms with Gasteiger partial charge in [0, 0.05) is 39.1 Å². The van der Waals surface area contributed by atoms with Crippen LogP contribution in [0.2, 0.25) is 0 Å². The topological polar surface area (TPSA) is 87.5 Å². The van der Waals surface area contributed by atoms with Gasteiger partial charge in [0.2, 0.25) is 5.91 Å². The second kappa shape index (κ2) is 8.09. The van der Waals surface area contributed by atoms with Crippen molar-refractivity contribution in [2.75, 3.05) is 27.2 Å². The molecule has 6 nitrogen and oxygen atoms in total. The van der Waals surface area contributed by atoms with Crippen LogP contribution in [0.1, 0.15) is 32.6 Å². The lowest BCUT2D eigenvalue weighted by Crippen LogP contribution is -2.42. The molecule has 0 heterocycles. The first-order valence-electron chi connectivity index (χ1n) is 7.40. The molecular weight excluding hydrogens is 256 g/mol. The summed E-state index contributed by atoms with van der Waals surface area (Å²) in [5, 5.41) is 5.59. The largest absolute Gasteiger partial charge is 0.354 e. The van der Waals surface area contributed by atoms with Gasteiger partial charge in [-0.25, -0.2) is 4.79 Å². The van der Waals surface area contributed by atoms with Crippen molar-refractivity contribution in [3.8, 4) is 0 Å². The first-order valence-corrected chi connectivity index (χ1v) is 7.40. The average Bonchev–Trinajstić information content (AvgIpc) is 2.42. The lowest BCUT2D eigenvalue weighted by atomic mass is 9.78. The summed E-state index contributed by atoms with van der Waals surface area (Å²) in [5.41, 5.74) is 5.96. The van der Waals surface area contributed by atoms with E-state index < -0.39 is 0 Å². The van der Waals surface area contributed by atoms with E-state index in [0.29, 0.717) is 19.0 Å². The third-order valence-electron chi connectivity index (χ3n) is 3.98. The smallest absolute Gasteiger partial charge is 0.316 e. The minimum atomic E-state index is -0.148. The fraction of sp³-hybridized carbons (Fsp3) is 0.857. The molecule has 20 heavy (non-hydrogen) atoms. The minimum absolute atomic E-state index is 0.00843. The SMILES string of the molecule is CC(C(=O)NCCNC(=O)N(C)C)C1CCCC(N)C1. The van der Waals surface area contributed by atoms with Gasteiger partial charge < -0.3 is 21.3 Å². The highest BCUT2D eigenvalue weighted by atomic mass is 16.2. The molecule has 0 aliphatic heterocycles. The fourth-order valence-electron chi connectivity index (χ4n) is 2.61. The summed E-state index contributed by atoms with van der Waals surface area (Å²) < 4.78 is 0. The highest BCUT2D eigenvalue weighted by molar-refractivity contribution is 5.78. The number of carbonyl (C=O) groups is 2. The maximum atomic E-state index is 12.1. The molecule has 0 bridgehead atoms. The molecule has 116 valence electrons. The number of nitrogens with one attached hydrogen (secondary N) is 2. The number of nitrogens with zero attached hydrogens (tertiary/aromatic N) is 1. The Labute approximate surface area is 121 Å². The van der Waals surface area contributed by atoms with E-state index in [1.54, 1.807) is 14.1 Å².